The zero-order chi connectivity index (χ0) is 10.6. The lowest BCUT2D eigenvalue weighted by molar-refractivity contribution is 0.0696. The van der Waals surface area contributed by atoms with Gasteiger partial charge in [-0.05, 0) is 24.1 Å². The molecule has 0 aromatic heterocycles. The maximum absolute atomic E-state index is 10.7. The summed E-state index contributed by atoms with van der Waals surface area (Å²) in [7, 11) is 0. The largest absolute Gasteiger partial charge is 0.478 e. The van der Waals surface area contributed by atoms with E-state index < -0.39 is 5.97 Å². The van der Waals surface area contributed by atoms with E-state index in [0.717, 1.165) is 10.6 Å². The molecule has 14 heavy (non-hydrogen) atoms. The summed E-state index contributed by atoms with van der Waals surface area (Å²) in [5.41, 5.74) is 0.360. The number of thioether (sulfide) groups is 1. The van der Waals surface area contributed by atoms with Gasteiger partial charge in [0.25, 0.3) is 0 Å². The third-order valence-electron chi connectivity index (χ3n) is 1.66. The molecule has 1 N–H and O–H groups in total. The smallest absolute Gasteiger partial charge is 0.335 e. The lowest BCUT2D eigenvalue weighted by Crippen LogP contribution is -1.96. The SMILES string of the molecule is CC(C)CSc1cccc(C(=O)O)c1. The molecule has 0 bridgehead atoms. The Kier molecular flexibility index (Phi) is 4.01. The van der Waals surface area contributed by atoms with Gasteiger partial charge in [-0.3, -0.25) is 0 Å². The number of benzene rings is 1. The Bertz CT molecular complexity index is 321. The molecule has 1 aromatic rings. The molecular formula is C11H14O2S. The molecule has 0 heterocycles. The van der Waals surface area contributed by atoms with Crippen LogP contribution < -0.4 is 0 Å². The number of carboxylic acids is 1. The highest BCUT2D eigenvalue weighted by Gasteiger charge is 2.03. The third kappa shape index (κ3) is 3.42. The second-order valence-corrected chi connectivity index (χ2v) is 4.63. The van der Waals surface area contributed by atoms with Crippen molar-refractivity contribution in [2.75, 3.05) is 5.75 Å². The number of carboxylic acid groups (broad SMARTS) is 1. The van der Waals surface area contributed by atoms with Crippen molar-refractivity contribution in [2.24, 2.45) is 5.92 Å². The fourth-order valence-electron chi connectivity index (χ4n) is 0.982. The van der Waals surface area contributed by atoms with Crippen LogP contribution in [0.3, 0.4) is 0 Å². The Hall–Kier alpha value is -0.960. The number of carbonyl (C=O) groups is 1. The molecule has 0 aliphatic heterocycles. The predicted molar refractivity (Wildman–Crippen MR) is 59.0 cm³/mol. The second-order valence-electron chi connectivity index (χ2n) is 3.54. The first-order chi connectivity index (χ1) is 6.59. The van der Waals surface area contributed by atoms with Gasteiger partial charge in [0.1, 0.15) is 0 Å². The van der Waals surface area contributed by atoms with Crippen molar-refractivity contribution in [2.45, 2.75) is 18.7 Å². The minimum atomic E-state index is -0.864. The van der Waals surface area contributed by atoms with Crippen molar-refractivity contribution in [3.63, 3.8) is 0 Å². The zero-order valence-electron chi connectivity index (χ0n) is 8.36. The number of hydrogen-bond acceptors (Lipinski definition) is 2. The molecule has 0 spiro atoms. The predicted octanol–water partition coefficient (Wildman–Crippen LogP) is 3.13. The van der Waals surface area contributed by atoms with Crippen molar-refractivity contribution in [3.05, 3.63) is 29.8 Å². The summed E-state index contributed by atoms with van der Waals surface area (Å²) < 4.78 is 0. The lowest BCUT2D eigenvalue weighted by Gasteiger charge is -2.04. The molecule has 76 valence electrons. The highest BCUT2D eigenvalue weighted by molar-refractivity contribution is 7.99. The fourth-order valence-corrected chi connectivity index (χ4v) is 1.89. The molecule has 1 aromatic carbocycles. The van der Waals surface area contributed by atoms with Crippen molar-refractivity contribution < 1.29 is 9.90 Å². The van der Waals surface area contributed by atoms with Crippen LogP contribution in [0.15, 0.2) is 29.2 Å². The van der Waals surface area contributed by atoms with Gasteiger partial charge in [-0.1, -0.05) is 19.9 Å². The van der Waals surface area contributed by atoms with Gasteiger partial charge in [-0.25, -0.2) is 4.79 Å². The molecular weight excluding hydrogens is 196 g/mol. The quantitative estimate of drug-likeness (QED) is 0.776. The van der Waals surface area contributed by atoms with Gasteiger partial charge in [-0.15, -0.1) is 11.8 Å². The van der Waals surface area contributed by atoms with Crippen LogP contribution in [0.1, 0.15) is 24.2 Å². The minimum Gasteiger partial charge on any atom is -0.478 e. The van der Waals surface area contributed by atoms with Crippen LogP contribution in [-0.2, 0) is 0 Å². The van der Waals surface area contributed by atoms with E-state index in [1.165, 1.54) is 0 Å². The molecule has 0 saturated carbocycles. The van der Waals surface area contributed by atoms with Crippen LogP contribution in [0.4, 0.5) is 0 Å². The van der Waals surface area contributed by atoms with E-state index in [9.17, 15) is 4.79 Å². The molecule has 1 rings (SSSR count). The topological polar surface area (TPSA) is 37.3 Å². The first-order valence-electron chi connectivity index (χ1n) is 4.55. The molecule has 0 amide bonds. The maximum atomic E-state index is 10.7. The van der Waals surface area contributed by atoms with Gasteiger partial charge in [0.2, 0.25) is 0 Å². The molecule has 0 saturated heterocycles. The summed E-state index contributed by atoms with van der Waals surface area (Å²) in [5.74, 6) is 0.772. The van der Waals surface area contributed by atoms with Gasteiger partial charge in [0.15, 0.2) is 0 Å². The standard InChI is InChI=1S/C11H14O2S/c1-8(2)7-14-10-5-3-4-9(6-10)11(12)13/h3-6,8H,7H2,1-2H3,(H,12,13). The molecule has 0 aliphatic rings. The average Bonchev–Trinajstić information content (AvgIpc) is 2.15. The van der Waals surface area contributed by atoms with Gasteiger partial charge in [-0.2, -0.15) is 0 Å². The summed E-state index contributed by atoms with van der Waals surface area (Å²) in [6.07, 6.45) is 0. The molecule has 0 aliphatic carbocycles. The summed E-state index contributed by atoms with van der Waals surface area (Å²) in [5, 5.41) is 8.78. The van der Waals surface area contributed by atoms with Crippen LogP contribution in [0.2, 0.25) is 0 Å². The number of aromatic carboxylic acids is 1. The van der Waals surface area contributed by atoms with Crippen molar-refractivity contribution in [1.82, 2.24) is 0 Å². The molecule has 0 radical (unpaired) electrons. The first kappa shape index (κ1) is 11.1. The van der Waals surface area contributed by atoms with Crippen LogP contribution in [0.25, 0.3) is 0 Å². The lowest BCUT2D eigenvalue weighted by atomic mass is 10.2. The summed E-state index contributed by atoms with van der Waals surface area (Å²) in [6.45, 7) is 4.29. The monoisotopic (exact) mass is 210 g/mol. The first-order valence-corrected chi connectivity index (χ1v) is 5.54. The van der Waals surface area contributed by atoms with Crippen LogP contribution in [-0.4, -0.2) is 16.8 Å². The zero-order valence-corrected chi connectivity index (χ0v) is 9.17. The van der Waals surface area contributed by atoms with Crippen molar-refractivity contribution in [1.29, 1.82) is 0 Å². The van der Waals surface area contributed by atoms with Crippen LogP contribution in [0.5, 0.6) is 0 Å². The Balaban J connectivity index is 2.69. The van der Waals surface area contributed by atoms with E-state index in [1.54, 1.807) is 30.0 Å². The average molecular weight is 210 g/mol. The summed E-state index contributed by atoms with van der Waals surface area (Å²) in [6, 6.07) is 7.06. The molecule has 0 fully saturated rings. The molecule has 3 heteroatoms. The van der Waals surface area contributed by atoms with Crippen molar-refractivity contribution >= 4 is 17.7 Å². The van der Waals surface area contributed by atoms with Crippen molar-refractivity contribution in [3.8, 4) is 0 Å². The molecule has 0 unspecified atom stereocenters. The highest BCUT2D eigenvalue weighted by atomic mass is 32.2. The Morgan fingerprint density at radius 3 is 2.79 bits per heavy atom. The van der Waals surface area contributed by atoms with Crippen LogP contribution in [0, 0.1) is 5.92 Å². The van der Waals surface area contributed by atoms with Crippen LogP contribution >= 0.6 is 11.8 Å². The maximum Gasteiger partial charge on any atom is 0.335 e. The Labute approximate surface area is 88.3 Å². The fraction of sp³-hybridized carbons (Fsp3) is 0.364. The van der Waals surface area contributed by atoms with E-state index in [1.807, 2.05) is 6.07 Å². The van der Waals surface area contributed by atoms with Gasteiger partial charge in [0, 0.05) is 10.6 Å². The Morgan fingerprint density at radius 2 is 2.21 bits per heavy atom. The normalized spacial score (nSPS) is 10.5. The Morgan fingerprint density at radius 1 is 1.50 bits per heavy atom. The van der Waals surface area contributed by atoms with Gasteiger partial charge in [0.05, 0.1) is 5.56 Å². The molecule has 2 nitrogen and oxygen atoms in total. The molecule has 0 atom stereocenters. The third-order valence-corrected chi connectivity index (χ3v) is 3.08. The summed E-state index contributed by atoms with van der Waals surface area (Å²) >= 11 is 1.70. The highest BCUT2D eigenvalue weighted by Crippen LogP contribution is 2.21. The number of rotatable bonds is 4. The van der Waals surface area contributed by atoms with E-state index in [2.05, 4.69) is 13.8 Å². The van der Waals surface area contributed by atoms with Gasteiger partial charge < -0.3 is 5.11 Å². The number of hydrogen-bond donors (Lipinski definition) is 1. The van der Waals surface area contributed by atoms with E-state index in [0.29, 0.717) is 11.5 Å². The van der Waals surface area contributed by atoms with Gasteiger partial charge >= 0.3 is 5.97 Å². The van der Waals surface area contributed by atoms with E-state index >= 15 is 0 Å². The van der Waals surface area contributed by atoms with E-state index in [-0.39, 0.29) is 0 Å². The summed E-state index contributed by atoms with van der Waals surface area (Å²) in [4.78, 5) is 11.7. The minimum absolute atomic E-state index is 0.360. The second kappa shape index (κ2) is 5.05. The van der Waals surface area contributed by atoms with E-state index in [4.69, 9.17) is 5.11 Å².